The average molecular weight is 373 g/mol. The van der Waals surface area contributed by atoms with Gasteiger partial charge in [0, 0.05) is 12.3 Å². The maximum atomic E-state index is 12.0. The van der Waals surface area contributed by atoms with Crippen molar-refractivity contribution in [3.8, 4) is 0 Å². The zero-order valence-corrected chi connectivity index (χ0v) is 14.9. The Morgan fingerprint density at radius 2 is 2.12 bits per heavy atom. The van der Waals surface area contributed by atoms with Gasteiger partial charge in [0.15, 0.2) is 0 Å². The van der Waals surface area contributed by atoms with Gasteiger partial charge >= 0.3 is 7.60 Å². The Balaban J connectivity index is 2.23. The average Bonchev–Trinajstić information content (AvgIpc) is 2.88. The molecule has 2 aromatic rings. The van der Waals surface area contributed by atoms with Crippen LogP contribution in [0, 0.1) is 5.92 Å². The van der Waals surface area contributed by atoms with E-state index in [1.54, 1.807) is 20.8 Å². The van der Waals surface area contributed by atoms with Gasteiger partial charge in [0.1, 0.15) is 6.35 Å². The summed E-state index contributed by atoms with van der Waals surface area (Å²) in [7, 11) is -4.26. The van der Waals surface area contributed by atoms with Gasteiger partial charge in [-0.15, -0.1) is 5.10 Å². The minimum absolute atomic E-state index is 0.0146. The van der Waals surface area contributed by atoms with Crippen LogP contribution in [0.3, 0.4) is 0 Å². The first-order chi connectivity index (χ1) is 11.6. The van der Waals surface area contributed by atoms with Crippen LogP contribution in [0.1, 0.15) is 26.5 Å². The lowest BCUT2D eigenvalue weighted by Gasteiger charge is -2.13. The van der Waals surface area contributed by atoms with Crippen molar-refractivity contribution in [2.45, 2.75) is 33.3 Å². The number of hydrogen-bond acceptors (Lipinski definition) is 6. The lowest BCUT2D eigenvalue weighted by atomic mass is 10.2. The van der Waals surface area contributed by atoms with Crippen molar-refractivity contribution in [1.29, 1.82) is 0 Å². The van der Waals surface area contributed by atoms with E-state index in [0.717, 1.165) is 0 Å². The van der Waals surface area contributed by atoms with Gasteiger partial charge in [-0.2, -0.15) is 0 Å². The van der Waals surface area contributed by atoms with E-state index in [1.165, 1.54) is 10.7 Å². The van der Waals surface area contributed by atoms with Crippen LogP contribution in [0.15, 0.2) is 11.0 Å². The van der Waals surface area contributed by atoms with Crippen LogP contribution in [0.5, 0.6) is 0 Å². The fourth-order valence-corrected chi connectivity index (χ4v) is 2.42. The number of imidazole rings is 1. The van der Waals surface area contributed by atoms with Crippen LogP contribution in [-0.2, 0) is 20.5 Å². The quantitative estimate of drug-likeness (QED) is 0.497. The smallest absolute Gasteiger partial charge is 0.350 e. The van der Waals surface area contributed by atoms with E-state index in [0.29, 0.717) is 5.69 Å². The molecule has 0 bridgehead atoms. The van der Waals surface area contributed by atoms with E-state index >= 15 is 0 Å². The SMILES string of the molecule is CC(Cc1cnc2c(=O)[nH]c(NC(=O)C(C)C)nn12)OCP(=O)(O)O. The number of aromatic amines is 1. The van der Waals surface area contributed by atoms with E-state index in [2.05, 4.69) is 20.4 Å². The summed E-state index contributed by atoms with van der Waals surface area (Å²) in [6, 6.07) is 0. The molecule has 11 nitrogen and oxygen atoms in total. The van der Waals surface area contributed by atoms with E-state index in [1.807, 2.05) is 0 Å². The zero-order valence-electron chi connectivity index (χ0n) is 14.0. The number of anilines is 1. The van der Waals surface area contributed by atoms with Crippen LogP contribution in [-0.4, -0.2) is 47.7 Å². The first-order valence-corrected chi connectivity index (χ1v) is 9.30. The number of H-pyrrole nitrogens is 1. The third-order valence-electron chi connectivity index (χ3n) is 3.23. The van der Waals surface area contributed by atoms with E-state index in [9.17, 15) is 14.2 Å². The van der Waals surface area contributed by atoms with Crippen molar-refractivity contribution < 1.29 is 23.9 Å². The number of fused-ring (bicyclic) bond motifs is 1. The van der Waals surface area contributed by atoms with Gasteiger partial charge in [-0.3, -0.25) is 24.5 Å². The highest BCUT2D eigenvalue weighted by atomic mass is 31.2. The summed E-state index contributed by atoms with van der Waals surface area (Å²) in [5.41, 5.74) is 0.0168. The Bertz CT molecular complexity index is 869. The van der Waals surface area contributed by atoms with Gasteiger partial charge in [-0.1, -0.05) is 13.8 Å². The summed E-state index contributed by atoms with van der Waals surface area (Å²) < 4.78 is 17.2. The lowest BCUT2D eigenvalue weighted by molar-refractivity contribution is -0.118. The third-order valence-corrected chi connectivity index (χ3v) is 3.72. The first-order valence-electron chi connectivity index (χ1n) is 7.51. The number of nitrogens with zero attached hydrogens (tertiary/aromatic N) is 3. The lowest BCUT2D eigenvalue weighted by Crippen LogP contribution is -2.24. The fourth-order valence-electron chi connectivity index (χ4n) is 1.97. The molecule has 0 saturated heterocycles. The Morgan fingerprint density at radius 1 is 1.44 bits per heavy atom. The second-order valence-electron chi connectivity index (χ2n) is 5.91. The van der Waals surface area contributed by atoms with Crippen LogP contribution in [0.2, 0.25) is 0 Å². The topological polar surface area (TPSA) is 159 Å². The molecule has 2 rings (SSSR count). The minimum Gasteiger partial charge on any atom is -0.365 e. The summed E-state index contributed by atoms with van der Waals surface area (Å²) in [6.45, 7) is 5.03. The second kappa shape index (κ2) is 7.44. The first kappa shape index (κ1) is 19.3. The highest BCUT2D eigenvalue weighted by molar-refractivity contribution is 7.51. The van der Waals surface area contributed by atoms with Crippen LogP contribution in [0.25, 0.3) is 5.65 Å². The van der Waals surface area contributed by atoms with E-state index in [4.69, 9.17) is 14.5 Å². The van der Waals surface area contributed by atoms with Gasteiger partial charge in [-0.25, -0.2) is 9.50 Å². The number of hydrogen-bond donors (Lipinski definition) is 4. The number of amides is 1. The van der Waals surface area contributed by atoms with E-state index in [-0.39, 0.29) is 29.8 Å². The Morgan fingerprint density at radius 3 is 2.72 bits per heavy atom. The van der Waals surface area contributed by atoms with Gasteiger partial charge in [0.05, 0.1) is 18.0 Å². The number of carbonyl (C=O) groups is 1. The van der Waals surface area contributed by atoms with Crippen molar-refractivity contribution in [2.24, 2.45) is 5.92 Å². The fraction of sp³-hybridized carbons (Fsp3) is 0.538. The zero-order chi connectivity index (χ0) is 18.8. The predicted molar refractivity (Wildman–Crippen MR) is 88.2 cm³/mol. The molecule has 0 aliphatic rings. The molecule has 138 valence electrons. The summed E-state index contributed by atoms with van der Waals surface area (Å²) >= 11 is 0. The predicted octanol–water partition coefficient (Wildman–Crippen LogP) is 0.0949. The summed E-state index contributed by atoms with van der Waals surface area (Å²) in [5, 5.41) is 6.64. The summed E-state index contributed by atoms with van der Waals surface area (Å²) in [4.78, 5) is 47.9. The largest absolute Gasteiger partial charge is 0.365 e. The maximum Gasteiger partial charge on any atom is 0.350 e. The molecule has 12 heteroatoms. The molecule has 1 amide bonds. The van der Waals surface area contributed by atoms with Gasteiger partial charge < -0.3 is 14.5 Å². The summed E-state index contributed by atoms with van der Waals surface area (Å²) in [5.74, 6) is -0.605. The molecule has 0 spiro atoms. The number of rotatable bonds is 7. The molecule has 25 heavy (non-hydrogen) atoms. The van der Waals surface area contributed by atoms with E-state index < -0.39 is 25.6 Å². The third kappa shape index (κ3) is 5.20. The normalized spacial score (nSPS) is 13.4. The molecule has 0 aromatic carbocycles. The molecule has 0 radical (unpaired) electrons. The molecule has 0 saturated carbocycles. The molecule has 2 aromatic heterocycles. The standard InChI is InChI=1S/C13H20N5O6P/c1-7(2)11(19)15-13-16-12(20)10-14-5-9(18(10)17-13)4-8(3)24-6-25(21,22)23/h5,7-8H,4,6H2,1-3H3,(H2,21,22,23)(H2,15,16,17,19,20). The Labute approximate surface area is 142 Å². The number of aromatic nitrogens is 4. The maximum absolute atomic E-state index is 12.0. The van der Waals surface area contributed by atoms with Gasteiger partial charge in [0.25, 0.3) is 5.56 Å². The molecule has 4 N–H and O–H groups in total. The highest BCUT2D eigenvalue weighted by Crippen LogP contribution is 2.34. The number of nitrogens with one attached hydrogen (secondary N) is 2. The molecule has 1 unspecified atom stereocenters. The van der Waals surface area contributed by atoms with Crippen LogP contribution < -0.4 is 10.9 Å². The molecular formula is C13H20N5O6P. The van der Waals surface area contributed by atoms with Crippen LogP contribution in [0.4, 0.5) is 5.95 Å². The van der Waals surface area contributed by atoms with Gasteiger partial charge in [0.2, 0.25) is 17.5 Å². The minimum atomic E-state index is -4.26. The summed E-state index contributed by atoms with van der Waals surface area (Å²) in [6.07, 6.45) is 0.398. The van der Waals surface area contributed by atoms with Crippen molar-refractivity contribution >= 4 is 25.1 Å². The Hall–Kier alpha value is -2.07. The van der Waals surface area contributed by atoms with Crippen molar-refractivity contribution in [3.63, 3.8) is 0 Å². The monoisotopic (exact) mass is 373 g/mol. The number of ether oxygens (including phenoxy) is 1. The van der Waals surface area contributed by atoms with Crippen LogP contribution >= 0.6 is 7.60 Å². The van der Waals surface area contributed by atoms with Crippen molar-refractivity contribution in [1.82, 2.24) is 19.6 Å². The molecule has 2 heterocycles. The van der Waals surface area contributed by atoms with Gasteiger partial charge in [-0.05, 0) is 6.92 Å². The number of carbonyl (C=O) groups excluding carboxylic acids is 1. The highest BCUT2D eigenvalue weighted by Gasteiger charge is 2.18. The molecule has 0 fully saturated rings. The Kier molecular flexibility index (Phi) is 5.73. The second-order valence-corrected chi connectivity index (χ2v) is 7.49. The molecular weight excluding hydrogens is 353 g/mol. The molecule has 0 aliphatic carbocycles. The molecule has 0 aliphatic heterocycles. The molecule has 1 atom stereocenters. The van der Waals surface area contributed by atoms with Crippen molar-refractivity contribution in [2.75, 3.05) is 11.7 Å². The van der Waals surface area contributed by atoms with Crippen molar-refractivity contribution in [3.05, 3.63) is 22.2 Å².